The van der Waals surface area contributed by atoms with Crippen LogP contribution < -0.4 is 5.32 Å². The molecule has 5 nitrogen and oxygen atoms in total. The van der Waals surface area contributed by atoms with E-state index in [-0.39, 0.29) is 11.8 Å². The summed E-state index contributed by atoms with van der Waals surface area (Å²) >= 11 is 5.40. The fourth-order valence-corrected chi connectivity index (χ4v) is 1.50. The molecule has 1 aromatic heterocycles. The molecule has 88 valence electrons. The van der Waals surface area contributed by atoms with E-state index in [9.17, 15) is 4.79 Å². The van der Waals surface area contributed by atoms with E-state index in [4.69, 9.17) is 11.6 Å². The third-order valence-electron chi connectivity index (χ3n) is 2.21. The molecule has 2 rings (SSSR count). The highest BCUT2D eigenvalue weighted by Gasteiger charge is 2.01. The summed E-state index contributed by atoms with van der Waals surface area (Å²) in [5, 5.41) is 10.3. The smallest absolute Gasteiger partial charge is 0.235 e. The van der Waals surface area contributed by atoms with Crippen LogP contribution in [0.3, 0.4) is 0 Å². The monoisotopic (exact) mass is 250 g/mol. The minimum Gasteiger partial charge on any atom is -0.351 e. The van der Waals surface area contributed by atoms with Gasteiger partial charge in [0.1, 0.15) is 5.88 Å². The summed E-state index contributed by atoms with van der Waals surface area (Å²) in [4.78, 5) is 11.0. The quantitative estimate of drug-likeness (QED) is 0.828. The second-order valence-electron chi connectivity index (χ2n) is 3.43. The van der Waals surface area contributed by atoms with Gasteiger partial charge >= 0.3 is 0 Å². The Morgan fingerprint density at radius 3 is 3.06 bits per heavy atom. The average Bonchev–Trinajstić information content (AvgIpc) is 2.90. The van der Waals surface area contributed by atoms with Gasteiger partial charge in [-0.15, -0.1) is 16.7 Å². The van der Waals surface area contributed by atoms with Crippen molar-refractivity contribution in [3.8, 4) is 5.69 Å². The number of aromatic nitrogens is 3. The number of alkyl halides is 1. The lowest BCUT2D eigenvalue weighted by Crippen LogP contribution is -2.23. The van der Waals surface area contributed by atoms with Crippen molar-refractivity contribution in [2.45, 2.75) is 6.54 Å². The molecule has 1 aromatic carbocycles. The van der Waals surface area contributed by atoms with E-state index < -0.39 is 0 Å². The molecule has 0 saturated heterocycles. The SMILES string of the molecule is O=C(CCl)NCc1cccc(-n2ccnn2)c1. The van der Waals surface area contributed by atoms with Crippen molar-refractivity contribution in [3.05, 3.63) is 42.2 Å². The lowest BCUT2D eigenvalue weighted by atomic mass is 10.2. The normalized spacial score (nSPS) is 10.2. The molecular formula is C11H11ClN4O. The first-order valence-electron chi connectivity index (χ1n) is 5.08. The van der Waals surface area contributed by atoms with Gasteiger partial charge in [-0.1, -0.05) is 17.3 Å². The number of halogens is 1. The Labute approximate surface area is 103 Å². The second-order valence-corrected chi connectivity index (χ2v) is 3.70. The number of benzene rings is 1. The number of rotatable bonds is 4. The molecule has 2 aromatic rings. The maximum atomic E-state index is 11.0. The van der Waals surface area contributed by atoms with E-state index in [1.54, 1.807) is 17.1 Å². The van der Waals surface area contributed by atoms with Gasteiger partial charge in [0.2, 0.25) is 5.91 Å². The summed E-state index contributed by atoms with van der Waals surface area (Å²) in [5.41, 5.74) is 1.89. The molecule has 1 heterocycles. The fourth-order valence-electron chi connectivity index (χ4n) is 1.40. The molecule has 1 amide bonds. The summed E-state index contributed by atoms with van der Waals surface area (Å²) in [6.45, 7) is 0.452. The summed E-state index contributed by atoms with van der Waals surface area (Å²) in [7, 11) is 0. The van der Waals surface area contributed by atoms with Gasteiger partial charge in [0.05, 0.1) is 18.1 Å². The number of hydrogen-bond acceptors (Lipinski definition) is 3. The maximum absolute atomic E-state index is 11.0. The van der Waals surface area contributed by atoms with Crippen LogP contribution >= 0.6 is 11.6 Å². The van der Waals surface area contributed by atoms with Crippen molar-refractivity contribution >= 4 is 17.5 Å². The van der Waals surface area contributed by atoms with E-state index in [1.807, 2.05) is 24.3 Å². The van der Waals surface area contributed by atoms with Crippen molar-refractivity contribution in [2.24, 2.45) is 0 Å². The summed E-state index contributed by atoms with van der Waals surface area (Å²) in [6.07, 6.45) is 3.37. The highest BCUT2D eigenvalue weighted by Crippen LogP contribution is 2.08. The minimum atomic E-state index is -0.183. The number of hydrogen-bond donors (Lipinski definition) is 1. The van der Waals surface area contributed by atoms with Gasteiger partial charge in [-0.25, -0.2) is 4.68 Å². The van der Waals surface area contributed by atoms with E-state index in [2.05, 4.69) is 15.6 Å². The van der Waals surface area contributed by atoms with Crippen molar-refractivity contribution in [1.29, 1.82) is 0 Å². The van der Waals surface area contributed by atoms with Crippen LogP contribution in [0.1, 0.15) is 5.56 Å². The number of carbonyl (C=O) groups excluding carboxylic acids is 1. The first-order valence-corrected chi connectivity index (χ1v) is 5.61. The van der Waals surface area contributed by atoms with E-state index in [1.165, 1.54) is 0 Å². The molecule has 0 aliphatic heterocycles. The van der Waals surface area contributed by atoms with Crippen LogP contribution in [0.15, 0.2) is 36.7 Å². The Morgan fingerprint density at radius 1 is 1.47 bits per heavy atom. The van der Waals surface area contributed by atoms with Gasteiger partial charge in [-0.3, -0.25) is 4.79 Å². The van der Waals surface area contributed by atoms with Crippen LogP contribution in [0.2, 0.25) is 0 Å². The molecule has 0 fully saturated rings. The summed E-state index contributed by atoms with van der Waals surface area (Å²) in [6, 6.07) is 7.68. The molecule has 0 aliphatic carbocycles. The molecule has 0 radical (unpaired) electrons. The van der Waals surface area contributed by atoms with Gasteiger partial charge in [-0.05, 0) is 17.7 Å². The third-order valence-corrected chi connectivity index (χ3v) is 2.45. The Morgan fingerprint density at radius 2 is 2.35 bits per heavy atom. The standard InChI is InChI=1S/C11H11ClN4O/c12-7-11(17)13-8-9-2-1-3-10(6-9)16-5-4-14-15-16/h1-6H,7-8H2,(H,13,17). The molecule has 0 saturated carbocycles. The number of nitrogens with one attached hydrogen (secondary N) is 1. The van der Waals surface area contributed by atoms with E-state index in [0.717, 1.165) is 11.3 Å². The Bertz CT molecular complexity index is 498. The maximum Gasteiger partial charge on any atom is 0.235 e. The molecule has 0 atom stereocenters. The van der Waals surface area contributed by atoms with Gasteiger partial charge in [0.15, 0.2) is 0 Å². The first kappa shape index (κ1) is 11.6. The molecule has 0 unspecified atom stereocenters. The zero-order valence-electron chi connectivity index (χ0n) is 9.01. The van der Waals surface area contributed by atoms with Crippen molar-refractivity contribution in [2.75, 3.05) is 5.88 Å². The lowest BCUT2D eigenvalue weighted by molar-refractivity contribution is -0.118. The molecular weight excluding hydrogens is 240 g/mol. The van der Waals surface area contributed by atoms with Crippen LogP contribution in [0, 0.1) is 0 Å². The van der Waals surface area contributed by atoms with Gasteiger partial charge < -0.3 is 5.32 Å². The predicted molar refractivity (Wildman–Crippen MR) is 63.9 cm³/mol. The summed E-state index contributed by atoms with van der Waals surface area (Å²) < 4.78 is 1.66. The zero-order valence-corrected chi connectivity index (χ0v) is 9.76. The highest BCUT2D eigenvalue weighted by molar-refractivity contribution is 6.27. The number of nitrogens with zero attached hydrogens (tertiary/aromatic N) is 3. The van der Waals surface area contributed by atoms with E-state index in [0.29, 0.717) is 6.54 Å². The zero-order chi connectivity index (χ0) is 12.1. The highest BCUT2D eigenvalue weighted by atomic mass is 35.5. The molecule has 1 N–H and O–H groups in total. The minimum absolute atomic E-state index is 0.0250. The van der Waals surface area contributed by atoms with Crippen LogP contribution in [-0.2, 0) is 11.3 Å². The Kier molecular flexibility index (Phi) is 3.72. The van der Waals surface area contributed by atoms with Crippen molar-refractivity contribution < 1.29 is 4.79 Å². The lowest BCUT2D eigenvalue weighted by Gasteiger charge is -2.05. The second kappa shape index (κ2) is 5.45. The average molecular weight is 251 g/mol. The Balaban J connectivity index is 2.09. The molecule has 6 heteroatoms. The fraction of sp³-hybridized carbons (Fsp3) is 0.182. The van der Waals surface area contributed by atoms with Gasteiger partial charge in [0.25, 0.3) is 0 Å². The predicted octanol–water partition coefficient (Wildman–Crippen LogP) is 1.12. The molecule has 17 heavy (non-hydrogen) atoms. The molecule has 0 bridgehead atoms. The van der Waals surface area contributed by atoms with Crippen LogP contribution in [0.25, 0.3) is 5.69 Å². The largest absolute Gasteiger partial charge is 0.351 e. The third kappa shape index (κ3) is 3.04. The van der Waals surface area contributed by atoms with Crippen LogP contribution in [0.4, 0.5) is 0 Å². The van der Waals surface area contributed by atoms with Gasteiger partial charge in [-0.2, -0.15) is 0 Å². The topological polar surface area (TPSA) is 59.8 Å². The van der Waals surface area contributed by atoms with Crippen molar-refractivity contribution in [1.82, 2.24) is 20.3 Å². The Hall–Kier alpha value is -1.88. The van der Waals surface area contributed by atoms with Gasteiger partial charge in [0, 0.05) is 6.54 Å². The number of carbonyl (C=O) groups is 1. The number of amides is 1. The molecule has 0 spiro atoms. The van der Waals surface area contributed by atoms with Crippen LogP contribution in [-0.4, -0.2) is 26.8 Å². The summed E-state index contributed by atoms with van der Waals surface area (Å²) in [5.74, 6) is -0.208. The first-order chi connectivity index (χ1) is 8.29. The molecule has 0 aliphatic rings. The van der Waals surface area contributed by atoms with Crippen LogP contribution in [0.5, 0.6) is 0 Å². The van der Waals surface area contributed by atoms with Crippen molar-refractivity contribution in [3.63, 3.8) is 0 Å². The van der Waals surface area contributed by atoms with E-state index >= 15 is 0 Å².